The van der Waals surface area contributed by atoms with E-state index in [0.717, 1.165) is 18.6 Å². The summed E-state index contributed by atoms with van der Waals surface area (Å²) in [6.07, 6.45) is 1.14. The molecule has 0 bridgehead atoms. The van der Waals surface area contributed by atoms with E-state index in [1.54, 1.807) is 0 Å². The maximum Gasteiger partial charge on any atom is 0.189 e. The first-order chi connectivity index (χ1) is 4.50. The van der Waals surface area contributed by atoms with Crippen LogP contribution in [0.2, 0.25) is 18.6 Å². The highest BCUT2D eigenvalue weighted by Gasteiger charge is 2.25. The fourth-order valence-corrected chi connectivity index (χ4v) is 1.60. The van der Waals surface area contributed by atoms with Crippen LogP contribution in [0.4, 0.5) is 0 Å². The second kappa shape index (κ2) is 4.14. The van der Waals surface area contributed by atoms with Crippen molar-refractivity contribution in [1.29, 1.82) is 0 Å². The van der Waals surface area contributed by atoms with Crippen LogP contribution >= 0.6 is 0 Å². The van der Waals surface area contributed by atoms with Crippen LogP contribution in [0.5, 0.6) is 0 Å². The molecule has 0 saturated carbocycles. The Labute approximate surface area is 65.9 Å². The van der Waals surface area contributed by atoms with Crippen molar-refractivity contribution < 1.29 is 4.43 Å². The van der Waals surface area contributed by atoms with E-state index < -0.39 is 8.32 Å². The Hall–Kier alpha value is 0.177. The molecule has 1 nitrogen and oxygen atoms in total. The van der Waals surface area contributed by atoms with Gasteiger partial charge >= 0.3 is 0 Å². The average molecular weight is 160 g/mol. The lowest BCUT2D eigenvalue weighted by Gasteiger charge is -2.26. The van der Waals surface area contributed by atoms with Crippen molar-refractivity contribution in [1.82, 2.24) is 0 Å². The number of hydrogen-bond acceptors (Lipinski definition) is 1. The smallest absolute Gasteiger partial charge is 0.189 e. The molecule has 0 aromatic rings. The van der Waals surface area contributed by atoms with Crippen LogP contribution in [-0.4, -0.2) is 14.9 Å². The van der Waals surface area contributed by atoms with Crippen LogP contribution < -0.4 is 0 Å². The van der Waals surface area contributed by atoms with Crippen LogP contribution in [0.25, 0.3) is 0 Å². The standard InChI is InChI=1S/C8H20OSi/c1-6-7-9-10(4,5)8(2)3/h8H,6-7H2,1-5H3. The second-order valence-corrected chi connectivity index (χ2v) is 8.26. The Morgan fingerprint density at radius 2 is 1.80 bits per heavy atom. The van der Waals surface area contributed by atoms with E-state index in [1.165, 1.54) is 0 Å². The first-order valence-corrected chi connectivity index (χ1v) is 7.13. The molecule has 0 aromatic carbocycles. The molecule has 0 fully saturated rings. The molecule has 0 amide bonds. The van der Waals surface area contributed by atoms with Gasteiger partial charge in [-0.1, -0.05) is 20.8 Å². The molecule has 0 N–H and O–H groups in total. The minimum Gasteiger partial charge on any atom is -0.417 e. The highest BCUT2D eigenvalue weighted by Crippen LogP contribution is 2.21. The molecular formula is C8H20OSi. The van der Waals surface area contributed by atoms with Gasteiger partial charge in [0.05, 0.1) is 0 Å². The molecule has 0 rings (SSSR count). The van der Waals surface area contributed by atoms with Crippen molar-refractivity contribution >= 4 is 8.32 Å². The van der Waals surface area contributed by atoms with Crippen LogP contribution in [0, 0.1) is 0 Å². The van der Waals surface area contributed by atoms with Gasteiger partial charge < -0.3 is 4.43 Å². The first kappa shape index (κ1) is 10.2. The monoisotopic (exact) mass is 160 g/mol. The molecule has 2 heteroatoms. The van der Waals surface area contributed by atoms with Crippen LogP contribution in [0.3, 0.4) is 0 Å². The Morgan fingerprint density at radius 3 is 2.10 bits per heavy atom. The third kappa shape index (κ3) is 3.37. The van der Waals surface area contributed by atoms with Gasteiger partial charge in [-0.05, 0) is 25.1 Å². The summed E-state index contributed by atoms with van der Waals surface area (Å²) in [6.45, 7) is 12.2. The Kier molecular flexibility index (Phi) is 4.21. The van der Waals surface area contributed by atoms with Gasteiger partial charge in [-0.25, -0.2) is 0 Å². The molecule has 0 saturated heterocycles. The fraction of sp³-hybridized carbons (Fsp3) is 1.00. The van der Waals surface area contributed by atoms with Crippen molar-refractivity contribution in [3.8, 4) is 0 Å². The van der Waals surface area contributed by atoms with Gasteiger partial charge in [0.15, 0.2) is 8.32 Å². The Bertz CT molecular complexity index is 89.3. The van der Waals surface area contributed by atoms with Crippen molar-refractivity contribution in [3.63, 3.8) is 0 Å². The van der Waals surface area contributed by atoms with Crippen molar-refractivity contribution in [2.45, 2.75) is 45.8 Å². The summed E-state index contributed by atoms with van der Waals surface area (Å²) in [4.78, 5) is 0. The predicted molar refractivity (Wildman–Crippen MR) is 48.8 cm³/mol. The molecule has 0 radical (unpaired) electrons. The summed E-state index contributed by atoms with van der Waals surface area (Å²) >= 11 is 0. The van der Waals surface area contributed by atoms with Crippen molar-refractivity contribution in [2.24, 2.45) is 0 Å². The van der Waals surface area contributed by atoms with Gasteiger partial charge in [0.2, 0.25) is 0 Å². The minimum absolute atomic E-state index is 0.735. The molecule has 0 aliphatic rings. The number of rotatable bonds is 4. The zero-order valence-corrected chi connectivity index (χ0v) is 8.90. The molecule has 0 aliphatic heterocycles. The van der Waals surface area contributed by atoms with Gasteiger partial charge in [0, 0.05) is 6.61 Å². The maximum absolute atomic E-state index is 5.78. The van der Waals surface area contributed by atoms with Crippen LogP contribution in [0.1, 0.15) is 27.2 Å². The van der Waals surface area contributed by atoms with Gasteiger partial charge in [-0.2, -0.15) is 0 Å². The molecule has 10 heavy (non-hydrogen) atoms. The third-order valence-corrected chi connectivity index (χ3v) is 5.80. The van der Waals surface area contributed by atoms with E-state index in [2.05, 4.69) is 33.9 Å². The van der Waals surface area contributed by atoms with E-state index in [0.29, 0.717) is 0 Å². The van der Waals surface area contributed by atoms with Crippen LogP contribution in [0.15, 0.2) is 0 Å². The normalized spacial score (nSPS) is 12.6. The zero-order valence-electron chi connectivity index (χ0n) is 7.90. The minimum atomic E-state index is -1.30. The zero-order chi connectivity index (χ0) is 8.20. The van der Waals surface area contributed by atoms with Gasteiger partial charge in [0.1, 0.15) is 0 Å². The predicted octanol–water partition coefficient (Wildman–Crippen LogP) is 3.03. The molecule has 0 aromatic heterocycles. The fourth-order valence-electron chi connectivity index (χ4n) is 0.532. The Balaban J connectivity index is 3.63. The summed E-state index contributed by atoms with van der Waals surface area (Å²) < 4.78 is 5.78. The molecule has 0 unspecified atom stereocenters. The average Bonchev–Trinajstić information content (AvgIpc) is 1.84. The van der Waals surface area contributed by atoms with Gasteiger partial charge in [-0.3, -0.25) is 0 Å². The second-order valence-electron chi connectivity index (χ2n) is 3.61. The summed E-state index contributed by atoms with van der Waals surface area (Å²) in [5.41, 5.74) is 0.735. The lowest BCUT2D eigenvalue weighted by Crippen LogP contribution is -2.34. The summed E-state index contributed by atoms with van der Waals surface area (Å²) in [6, 6.07) is 0. The van der Waals surface area contributed by atoms with Crippen molar-refractivity contribution in [2.75, 3.05) is 6.61 Å². The SMILES string of the molecule is CCCO[Si](C)(C)C(C)C. The lowest BCUT2D eigenvalue weighted by molar-refractivity contribution is 0.301. The van der Waals surface area contributed by atoms with Crippen molar-refractivity contribution in [3.05, 3.63) is 0 Å². The Morgan fingerprint density at radius 1 is 1.30 bits per heavy atom. The molecule has 0 spiro atoms. The van der Waals surface area contributed by atoms with Gasteiger partial charge in [-0.15, -0.1) is 0 Å². The van der Waals surface area contributed by atoms with Crippen LogP contribution in [-0.2, 0) is 4.43 Å². The maximum atomic E-state index is 5.78. The summed E-state index contributed by atoms with van der Waals surface area (Å²) in [5, 5.41) is 0. The summed E-state index contributed by atoms with van der Waals surface area (Å²) in [7, 11) is -1.30. The summed E-state index contributed by atoms with van der Waals surface area (Å²) in [5.74, 6) is 0. The highest BCUT2D eigenvalue weighted by molar-refractivity contribution is 6.72. The lowest BCUT2D eigenvalue weighted by atomic mass is 10.5. The third-order valence-electron chi connectivity index (χ3n) is 2.07. The molecule has 0 atom stereocenters. The van der Waals surface area contributed by atoms with E-state index in [-0.39, 0.29) is 0 Å². The van der Waals surface area contributed by atoms with E-state index in [9.17, 15) is 0 Å². The molecular weight excluding hydrogens is 140 g/mol. The quantitative estimate of drug-likeness (QED) is 0.574. The van der Waals surface area contributed by atoms with E-state index >= 15 is 0 Å². The van der Waals surface area contributed by atoms with E-state index in [1.807, 2.05) is 0 Å². The highest BCUT2D eigenvalue weighted by atomic mass is 28.4. The first-order valence-electron chi connectivity index (χ1n) is 4.14. The topological polar surface area (TPSA) is 9.23 Å². The molecule has 0 aliphatic carbocycles. The molecule has 0 heterocycles. The van der Waals surface area contributed by atoms with Gasteiger partial charge in [0.25, 0.3) is 0 Å². The number of hydrogen-bond donors (Lipinski definition) is 0. The van der Waals surface area contributed by atoms with E-state index in [4.69, 9.17) is 4.43 Å². The molecule has 62 valence electrons. The largest absolute Gasteiger partial charge is 0.417 e.